The molecular formula is C16H18BrNO2S. The van der Waals surface area contributed by atoms with E-state index in [2.05, 4.69) is 28.1 Å². The Bertz CT molecular complexity index is 619. The monoisotopic (exact) mass is 367 g/mol. The molecule has 0 aliphatic carbocycles. The summed E-state index contributed by atoms with van der Waals surface area (Å²) in [6.07, 6.45) is 0. The fourth-order valence-electron chi connectivity index (χ4n) is 1.86. The maximum Gasteiger partial charge on any atom is 0.133 e. The van der Waals surface area contributed by atoms with Crippen molar-refractivity contribution in [2.45, 2.75) is 17.6 Å². The largest absolute Gasteiger partial charge is 0.496 e. The third-order valence-electron chi connectivity index (χ3n) is 2.91. The molecule has 0 amide bonds. The van der Waals surface area contributed by atoms with Crippen LogP contribution < -0.4 is 15.2 Å². The van der Waals surface area contributed by atoms with Gasteiger partial charge in [0.15, 0.2) is 0 Å². The van der Waals surface area contributed by atoms with E-state index in [0.717, 1.165) is 32.3 Å². The predicted octanol–water partition coefficient (Wildman–Crippen LogP) is 4.73. The molecule has 2 aromatic carbocycles. The van der Waals surface area contributed by atoms with E-state index in [1.54, 1.807) is 18.9 Å². The Morgan fingerprint density at radius 1 is 1.19 bits per heavy atom. The van der Waals surface area contributed by atoms with Crippen molar-refractivity contribution < 1.29 is 9.47 Å². The minimum absolute atomic E-state index is 0.652. The van der Waals surface area contributed by atoms with E-state index in [4.69, 9.17) is 15.2 Å². The Morgan fingerprint density at radius 3 is 2.67 bits per heavy atom. The molecule has 5 heteroatoms. The number of nitrogen functional groups attached to an aromatic ring is 1. The number of anilines is 1. The average molecular weight is 368 g/mol. The third-order valence-corrected chi connectivity index (χ3v) is 4.67. The summed E-state index contributed by atoms with van der Waals surface area (Å²) in [5, 5.41) is 0. The zero-order valence-electron chi connectivity index (χ0n) is 12.1. The lowest BCUT2D eigenvalue weighted by Crippen LogP contribution is -1.94. The predicted molar refractivity (Wildman–Crippen MR) is 92.3 cm³/mol. The van der Waals surface area contributed by atoms with Gasteiger partial charge in [-0.2, -0.15) is 0 Å². The van der Waals surface area contributed by atoms with Gasteiger partial charge >= 0.3 is 0 Å². The number of nitrogens with two attached hydrogens (primary N) is 1. The number of halogens is 1. The lowest BCUT2D eigenvalue weighted by Gasteiger charge is -2.10. The molecule has 0 unspecified atom stereocenters. The van der Waals surface area contributed by atoms with Crippen molar-refractivity contribution in [1.82, 2.24) is 0 Å². The summed E-state index contributed by atoms with van der Waals surface area (Å²) in [6.45, 7) is 2.62. The smallest absolute Gasteiger partial charge is 0.133 e. The highest BCUT2D eigenvalue weighted by molar-refractivity contribution is 9.10. The van der Waals surface area contributed by atoms with Crippen LogP contribution in [0.15, 0.2) is 45.8 Å². The number of thioether (sulfide) groups is 1. The SMILES string of the molecule is CCOc1ccc(N)c(SCc2ccc(OC)c(Br)c2)c1. The van der Waals surface area contributed by atoms with Gasteiger partial charge in [-0.25, -0.2) is 0 Å². The molecule has 2 N–H and O–H groups in total. The van der Waals surface area contributed by atoms with Gasteiger partial charge in [0.25, 0.3) is 0 Å². The van der Waals surface area contributed by atoms with E-state index in [1.807, 2.05) is 31.2 Å². The molecule has 0 heterocycles. The Morgan fingerprint density at radius 2 is 2.00 bits per heavy atom. The topological polar surface area (TPSA) is 44.5 Å². The normalized spacial score (nSPS) is 10.4. The molecule has 0 saturated heterocycles. The van der Waals surface area contributed by atoms with Crippen molar-refractivity contribution in [2.75, 3.05) is 19.5 Å². The Hall–Kier alpha value is -1.33. The molecule has 0 atom stereocenters. The Kier molecular flexibility index (Phi) is 5.82. The number of methoxy groups -OCH3 is 1. The summed E-state index contributed by atoms with van der Waals surface area (Å²) in [5.74, 6) is 2.52. The minimum Gasteiger partial charge on any atom is -0.496 e. The molecule has 2 aromatic rings. The second-order valence-electron chi connectivity index (χ2n) is 4.39. The number of benzene rings is 2. The molecule has 112 valence electrons. The molecule has 3 nitrogen and oxygen atoms in total. The summed E-state index contributed by atoms with van der Waals surface area (Å²) < 4.78 is 11.7. The number of hydrogen-bond donors (Lipinski definition) is 1. The third kappa shape index (κ3) is 4.32. The number of ether oxygens (including phenoxy) is 2. The molecule has 0 bridgehead atoms. The van der Waals surface area contributed by atoms with Gasteiger partial charge in [-0.15, -0.1) is 11.8 Å². The van der Waals surface area contributed by atoms with Gasteiger partial charge in [-0.3, -0.25) is 0 Å². The first-order valence-corrected chi connectivity index (χ1v) is 8.39. The van der Waals surface area contributed by atoms with Crippen LogP contribution >= 0.6 is 27.7 Å². The van der Waals surface area contributed by atoms with Crippen LogP contribution in [0, 0.1) is 0 Å². The van der Waals surface area contributed by atoms with Crippen LogP contribution in [0.5, 0.6) is 11.5 Å². The van der Waals surface area contributed by atoms with Crippen LogP contribution in [-0.4, -0.2) is 13.7 Å². The summed E-state index contributed by atoms with van der Waals surface area (Å²) in [4.78, 5) is 1.04. The second kappa shape index (κ2) is 7.61. The summed E-state index contributed by atoms with van der Waals surface area (Å²) in [6, 6.07) is 11.8. The van der Waals surface area contributed by atoms with E-state index in [9.17, 15) is 0 Å². The van der Waals surface area contributed by atoms with Crippen molar-refractivity contribution in [1.29, 1.82) is 0 Å². The quantitative estimate of drug-likeness (QED) is 0.591. The van der Waals surface area contributed by atoms with Gasteiger partial charge in [0.05, 0.1) is 18.2 Å². The minimum atomic E-state index is 0.652. The first-order chi connectivity index (χ1) is 10.1. The zero-order chi connectivity index (χ0) is 15.2. The fraction of sp³-hybridized carbons (Fsp3) is 0.250. The van der Waals surface area contributed by atoms with E-state index in [0.29, 0.717) is 6.61 Å². The molecule has 0 fully saturated rings. The van der Waals surface area contributed by atoms with E-state index >= 15 is 0 Å². The highest BCUT2D eigenvalue weighted by Gasteiger charge is 2.06. The van der Waals surface area contributed by atoms with E-state index in [1.165, 1.54) is 5.56 Å². The van der Waals surface area contributed by atoms with Gasteiger partial charge in [-0.1, -0.05) is 6.07 Å². The molecule has 0 spiro atoms. The van der Waals surface area contributed by atoms with Gasteiger partial charge in [-0.05, 0) is 58.7 Å². The molecular weight excluding hydrogens is 350 g/mol. The van der Waals surface area contributed by atoms with Crippen molar-refractivity contribution in [3.8, 4) is 11.5 Å². The molecule has 21 heavy (non-hydrogen) atoms. The van der Waals surface area contributed by atoms with Crippen molar-refractivity contribution in [2.24, 2.45) is 0 Å². The molecule has 2 rings (SSSR count). The van der Waals surface area contributed by atoms with Crippen molar-refractivity contribution >= 4 is 33.4 Å². The van der Waals surface area contributed by atoms with Crippen LogP contribution in [0.25, 0.3) is 0 Å². The van der Waals surface area contributed by atoms with Crippen LogP contribution in [-0.2, 0) is 5.75 Å². The number of rotatable bonds is 6. The van der Waals surface area contributed by atoms with Crippen molar-refractivity contribution in [3.05, 3.63) is 46.4 Å². The van der Waals surface area contributed by atoms with Gasteiger partial charge in [0.2, 0.25) is 0 Å². The van der Waals surface area contributed by atoms with Crippen LogP contribution in [0.1, 0.15) is 12.5 Å². The summed E-state index contributed by atoms with van der Waals surface area (Å²) >= 11 is 5.20. The highest BCUT2D eigenvalue weighted by Crippen LogP contribution is 2.33. The molecule has 0 radical (unpaired) electrons. The van der Waals surface area contributed by atoms with Crippen LogP contribution in [0.2, 0.25) is 0 Å². The highest BCUT2D eigenvalue weighted by atomic mass is 79.9. The van der Waals surface area contributed by atoms with Gasteiger partial charge < -0.3 is 15.2 Å². The van der Waals surface area contributed by atoms with Crippen LogP contribution in [0.3, 0.4) is 0 Å². The lowest BCUT2D eigenvalue weighted by molar-refractivity contribution is 0.339. The molecule has 0 aliphatic rings. The first-order valence-electron chi connectivity index (χ1n) is 6.61. The standard InChI is InChI=1S/C16H18BrNO2S/c1-3-20-12-5-6-14(18)16(9-12)21-10-11-4-7-15(19-2)13(17)8-11/h4-9H,3,10,18H2,1-2H3. The van der Waals surface area contributed by atoms with Crippen molar-refractivity contribution in [3.63, 3.8) is 0 Å². The van der Waals surface area contributed by atoms with Gasteiger partial charge in [0.1, 0.15) is 11.5 Å². The number of hydrogen-bond acceptors (Lipinski definition) is 4. The molecule has 0 aromatic heterocycles. The first kappa shape index (κ1) is 16.0. The molecule has 0 saturated carbocycles. The van der Waals surface area contributed by atoms with Crippen LogP contribution in [0.4, 0.5) is 5.69 Å². The lowest BCUT2D eigenvalue weighted by atomic mass is 10.2. The zero-order valence-corrected chi connectivity index (χ0v) is 14.5. The Balaban J connectivity index is 2.08. The van der Waals surface area contributed by atoms with E-state index < -0.39 is 0 Å². The molecule has 0 aliphatic heterocycles. The average Bonchev–Trinajstić information content (AvgIpc) is 2.48. The summed E-state index contributed by atoms with van der Waals surface area (Å²) in [7, 11) is 1.66. The maximum atomic E-state index is 6.02. The maximum absolute atomic E-state index is 6.02. The second-order valence-corrected chi connectivity index (χ2v) is 6.26. The summed E-state index contributed by atoms with van der Waals surface area (Å²) in [5.41, 5.74) is 8.00. The van der Waals surface area contributed by atoms with E-state index in [-0.39, 0.29) is 0 Å². The van der Waals surface area contributed by atoms with Gasteiger partial charge in [0, 0.05) is 16.3 Å². The fourth-order valence-corrected chi connectivity index (χ4v) is 3.38. The Labute approximate surface area is 138 Å².